The predicted octanol–water partition coefficient (Wildman–Crippen LogP) is 3.12. The van der Waals surface area contributed by atoms with Gasteiger partial charge in [0, 0.05) is 0 Å². The minimum atomic E-state index is -0.499. The Labute approximate surface area is 171 Å². The SMILES string of the molecule is CCC(C)c1ccccc1OCC(=O)NNC(=O)COc1ccc(C)cc1OC. The standard InChI is InChI=1S/C22H28N2O5/c1-5-16(3)17-8-6-7-9-18(17)28-13-21(25)23-24-22(26)14-29-19-11-10-15(2)12-20(19)27-4/h6-12,16H,5,13-14H2,1-4H3,(H,23,25)(H,24,26). The largest absolute Gasteiger partial charge is 0.493 e. The predicted molar refractivity (Wildman–Crippen MR) is 110 cm³/mol. The molecule has 0 heterocycles. The van der Waals surface area contributed by atoms with Gasteiger partial charge >= 0.3 is 0 Å². The molecule has 2 rings (SSSR count). The smallest absolute Gasteiger partial charge is 0.276 e. The highest BCUT2D eigenvalue weighted by Crippen LogP contribution is 2.28. The highest BCUT2D eigenvalue weighted by molar-refractivity contribution is 5.83. The van der Waals surface area contributed by atoms with Crippen molar-refractivity contribution < 1.29 is 23.8 Å². The van der Waals surface area contributed by atoms with Crippen LogP contribution in [0.15, 0.2) is 42.5 Å². The van der Waals surface area contributed by atoms with Crippen LogP contribution >= 0.6 is 0 Å². The van der Waals surface area contributed by atoms with Crippen molar-refractivity contribution in [3.8, 4) is 17.2 Å². The summed E-state index contributed by atoms with van der Waals surface area (Å²) in [5.41, 5.74) is 6.68. The van der Waals surface area contributed by atoms with Crippen LogP contribution in [0.2, 0.25) is 0 Å². The van der Waals surface area contributed by atoms with Crippen LogP contribution in [0.4, 0.5) is 0 Å². The van der Waals surface area contributed by atoms with Crippen LogP contribution in [0.5, 0.6) is 17.2 Å². The van der Waals surface area contributed by atoms with Gasteiger partial charge in [-0.3, -0.25) is 20.4 Å². The van der Waals surface area contributed by atoms with E-state index in [2.05, 4.69) is 24.7 Å². The second-order valence-electron chi connectivity index (χ2n) is 6.68. The summed E-state index contributed by atoms with van der Waals surface area (Å²) in [4.78, 5) is 23.9. The van der Waals surface area contributed by atoms with Gasteiger partial charge in [0.05, 0.1) is 7.11 Å². The second kappa shape index (κ2) is 10.9. The van der Waals surface area contributed by atoms with Crippen LogP contribution in [-0.2, 0) is 9.59 Å². The zero-order chi connectivity index (χ0) is 21.2. The van der Waals surface area contributed by atoms with Crippen LogP contribution in [-0.4, -0.2) is 32.1 Å². The lowest BCUT2D eigenvalue weighted by Crippen LogP contribution is -2.45. The zero-order valence-corrected chi connectivity index (χ0v) is 17.3. The second-order valence-corrected chi connectivity index (χ2v) is 6.68. The first-order valence-electron chi connectivity index (χ1n) is 9.51. The molecule has 2 aromatic carbocycles. The number of para-hydroxylation sites is 1. The third-order valence-corrected chi connectivity index (χ3v) is 4.44. The van der Waals surface area contributed by atoms with Crippen LogP contribution in [0.3, 0.4) is 0 Å². The first-order chi connectivity index (χ1) is 13.9. The third kappa shape index (κ3) is 6.71. The van der Waals surface area contributed by atoms with Gasteiger partial charge in [-0.15, -0.1) is 0 Å². The summed E-state index contributed by atoms with van der Waals surface area (Å²) in [5.74, 6) is 1.01. The monoisotopic (exact) mass is 400 g/mol. The molecular formula is C22H28N2O5. The summed E-state index contributed by atoms with van der Waals surface area (Å²) in [6.07, 6.45) is 0.967. The average Bonchev–Trinajstić information content (AvgIpc) is 2.74. The maximum atomic E-state index is 12.0. The molecule has 2 aromatic rings. The van der Waals surface area contributed by atoms with Crippen molar-refractivity contribution in [2.45, 2.75) is 33.1 Å². The number of hydrazine groups is 1. The van der Waals surface area contributed by atoms with Crippen molar-refractivity contribution in [3.05, 3.63) is 53.6 Å². The Morgan fingerprint density at radius 3 is 2.17 bits per heavy atom. The van der Waals surface area contributed by atoms with Crippen molar-refractivity contribution in [2.75, 3.05) is 20.3 Å². The zero-order valence-electron chi connectivity index (χ0n) is 17.3. The Balaban J connectivity index is 1.78. The first kappa shape index (κ1) is 22.1. The number of methoxy groups -OCH3 is 1. The van der Waals surface area contributed by atoms with Gasteiger partial charge in [0.25, 0.3) is 11.8 Å². The van der Waals surface area contributed by atoms with E-state index < -0.39 is 11.8 Å². The topological polar surface area (TPSA) is 85.9 Å². The van der Waals surface area contributed by atoms with E-state index >= 15 is 0 Å². The van der Waals surface area contributed by atoms with E-state index in [-0.39, 0.29) is 13.2 Å². The molecule has 2 amide bonds. The number of hydrogen-bond donors (Lipinski definition) is 2. The molecule has 0 bridgehead atoms. The van der Waals surface area contributed by atoms with Crippen LogP contribution in [0.1, 0.15) is 37.3 Å². The lowest BCUT2D eigenvalue weighted by Gasteiger charge is -2.15. The van der Waals surface area contributed by atoms with E-state index in [1.807, 2.05) is 43.3 Å². The average molecular weight is 400 g/mol. The van der Waals surface area contributed by atoms with Crippen molar-refractivity contribution in [2.24, 2.45) is 0 Å². The molecule has 0 fully saturated rings. The van der Waals surface area contributed by atoms with E-state index in [1.54, 1.807) is 6.07 Å². The number of carbonyl (C=O) groups is 2. The van der Waals surface area contributed by atoms with Crippen molar-refractivity contribution >= 4 is 11.8 Å². The van der Waals surface area contributed by atoms with Crippen LogP contribution in [0, 0.1) is 6.92 Å². The fraction of sp³-hybridized carbons (Fsp3) is 0.364. The molecule has 1 unspecified atom stereocenters. The summed E-state index contributed by atoms with van der Waals surface area (Å²) in [6.45, 7) is 5.65. The van der Waals surface area contributed by atoms with Crippen LogP contribution < -0.4 is 25.1 Å². The number of nitrogens with one attached hydrogen (secondary N) is 2. The molecule has 1 atom stereocenters. The molecule has 2 N–H and O–H groups in total. The highest BCUT2D eigenvalue weighted by Gasteiger charge is 2.12. The first-order valence-corrected chi connectivity index (χ1v) is 9.51. The third-order valence-electron chi connectivity index (χ3n) is 4.44. The lowest BCUT2D eigenvalue weighted by molar-refractivity contribution is -0.131. The molecule has 29 heavy (non-hydrogen) atoms. The van der Waals surface area contributed by atoms with E-state index in [0.29, 0.717) is 23.2 Å². The van der Waals surface area contributed by atoms with E-state index in [1.165, 1.54) is 7.11 Å². The van der Waals surface area contributed by atoms with Gasteiger partial charge in [-0.25, -0.2) is 0 Å². The highest BCUT2D eigenvalue weighted by atomic mass is 16.5. The van der Waals surface area contributed by atoms with E-state index in [9.17, 15) is 9.59 Å². The maximum absolute atomic E-state index is 12.0. The minimum Gasteiger partial charge on any atom is -0.493 e. The molecular weight excluding hydrogens is 372 g/mol. The summed E-state index contributed by atoms with van der Waals surface area (Å²) in [5, 5.41) is 0. The minimum absolute atomic E-state index is 0.208. The fourth-order valence-corrected chi connectivity index (χ4v) is 2.63. The van der Waals surface area contributed by atoms with Crippen LogP contribution in [0.25, 0.3) is 0 Å². The molecule has 0 saturated heterocycles. The van der Waals surface area contributed by atoms with Gasteiger partial charge in [-0.2, -0.15) is 0 Å². The number of ether oxygens (including phenoxy) is 3. The molecule has 7 nitrogen and oxygen atoms in total. The number of amides is 2. The number of rotatable bonds is 9. The number of carbonyl (C=O) groups excluding carboxylic acids is 2. The van der Waals surface area contributed by atoms with Gasteiger partial charge in [0.1, 0.15) is 5.75 Å². The molecule has 0 aromatic heterocycles. The molecule has 156 valence electrons. The van der Waals surface area contributed by atoms with Gasteiger partial charge in [0.2, 0.25) is 0 Å². The normalized spacial score (nSPS) is 11.3. The Morgan fingerprint density at radius 1 is 0.931 bits per heavy atom. The summed E-state index contributed by atoms with van der Waals surface area (Å²) in [6, 6.07) is 13.0. The van der Waals surface area contributed by atoms with Crippen molar-refractivity contribution in [1.29, 1.82) is 0 Å². The number of hydrogen-bond acceptors (Lipinski definition) is 5. The van der Waals surface area contributed by atoms with E-state index in [4.69, 9.17) is 14.2 Å². The Hall–Kier alpha value is -3.22. The van der Waals surface area contributed by atoms with Gasteiger partial charge < -0.3 is 14.2 Å². The molecule has 7 heteroatoms. The number of benzene rings is 2. The fourth-order valence-electron chi connectivity index (χ4n) is 2.63. The Bertz CT molecular complexity index is 838. The quantitative estimate of drug-likeness (QED) is 0.632. The number of aryl methyl sites for hydroxylation is 1. The summed E-state index contributed by atoms with van der Waals surface area (Å²) < 4.78 is 16.3. The molecule has 0 radical (unpaired) electrons. The van der Waals surface area contributed by atoms with Crippen molar-refractivity contribution in [1.82, 2.24) is 10.9 Å². The van der Waals surface area contributed by atoms with Gasteiger partial charge in [-0.1, -0.05) is 38.1 Å². The molecule has 0 spiro atoms. The van der Waals surface area contributed by atoms with E-state index in [0.717, 1.165) is 17.5 Å². The Morgan fingerprint density at radius 2 is 1.55 bits per heavy atom. The van der Waals surface area contributed by atoms with Crippen molar-refractivity contribution in [3.63, 3.8) is 0 Å². The van der Waals surface area contributed by atoms with Gasteiger partial charge in [0.15, 0.2) is 24.7 Å². The molecule has 0 aliphatic rings. The maximum Gasteiger partial charge on any atom is 0.276 e. The molecule has 0 aliphatic carbocycles. The van der Waals surface area contributed by atoms with Gasteiger partial charge in [-0.05, 0) is 48.6 Å². The lowest BCUT2D eigenvalue weighted by atomic mass is 9.98. The summed E-state index contributed by atoms with van der Waals surface area (Å²) >= 11 is 0. The molecule has 0 saturated carbocycles. The summed E-state index contributed by atoms with van der Waals surface area (Å²) in [7, 11) is 1.53. The molecule has 0 aliphatic heterocycles. The Kier molecular flexibility index (Phi) is 8.33.